The molecule has 2 aromatic carbocycles. The summed E-state index contributed by atoms with van der Waals surface area (Å²) in [6, 6.07) is 19.3. The van der Waals surface area contributed by atoms with Crippen LogP contribution in [0.2, 0.25) is 0 Å². The lowest BCUT2D eigenvalue weighted by atomic mass is 10.1. The highest BCUT2D eigenvalue weighted by Gasteiger charge is 1.98. The third-order valence-corrected chi connectivity index (χ3v) is 4.39. The maximum Gasteiger partial charge on any atom is 0.119 e. The molecule has 2 nitrogen and oxygen atoms in total. The molecular weight excluding hydrogens is 306 g/mol. The number of hydrogen-bond donors (Lipinski definition) is 1. The van der Waals surface area contributed by atoms with Gasteiger partial charge in [0.25, 0.3) is 0 Å². The molecule has 0 saturated heterocycles. The van der Waals surface area contributed by atoms with Gasteiger partial charge >= 0.3 is 0 Å². The molecule has 0 spiro atoms. The third kappa shape index (κ3) is 8.74. The van der Waals surface area contributed by atoms with E-state index < -0.39 is 0 Å². The first-order chi connectivity index (χ1) is 12.4. The van der Waals surface area contributed by atoms with E-state index in [1.807, 2.05) is 0 Å². The van der Waals surface area contributed by atoms with Gasteiger partial charge in [0, 0.05) is 0 Å². The van der Waals surface area contributed by atoms with Crippen molar-refractivity contribution in [2.75, 3.05) is 19.7 Å². The Morgan fingerprint density at radius 2 is 1.44 bits per heavy atom. The van der Waals surface area contributed by atoms with Gasteiger partial charge in [-0.25, -0.2) is 0 Å². The van der Waals surface area contributed by atoms with Crippen molar-refractivity contribution in [3.63, 3.8) is 0 Å². The van der Waals surface area contributed by atoms with Crippen molar-refractivity contribution in [1.29, 1.82) is 0 Å². The minimum Gasteiger partial charge on any atom is -0.494 e. The zero-order valence-electron chi connectivity index (χ0n) is 15.7. The Kier molecular flexibility index (Phi) is 9.80. The molecule has 1 N–H and O–H groups in total. The van der Waals surface area contributed by atoms with Gasteiger partial charge in [0.15, 0.2) is 0 Å². The van der Waals surface area contributed by atoms with Crippen LogP contribution < -0.4 is 10.1 Å². The largest absolute Gasteiger partial charge is 0.494 e. The van der Waals surface area contributed by atoms with E-state index >= 15 is 0 Å². The smallest absolute Gasteiger partial charge is 0.119 e. The first-order valence-electron chi connectivity index (χ1n) is 9.85. The van der Waals surface area contributed by atoms with Gasteiger partial charge in [-0.1, -0.05) is 49.4 Å². The average Bonchev–Trinajstić information content (AvgIpc) is 2.66. The van der Waals surface area contributed by atoms with E-state index in [2.05, 4.69) is 66.8 Å². The number of aryl methyl sites for hydroxylation is 2. The molecule has 0 heterocycles. The molecular formula is C23H33NO. The first-order valence-corrected chi connectivity index (χ1v) is 9.85. The highest BCUT2D eigenvalue weighted by atomic mass is 16.5. The molecule has 0 aliphatic carbocycles. The molecule has 136 valence electrons. The van der Waals surface area contributed by atoms with Gasteiger partial charge in [-0.15, -0.1) is 0 Å². The second-order valence-electron chi connectivity index (χ2n) is 6.64. The number of nitrogens with one attached hydrogen (secondary N) is 1. The second kappa shape index (κ2) is 12.5. The summed E-state index contributed by atoms with van der Waals surface area (Å²) in [5.74, 6) is 0.996. The Hall–Kier alpha value is -1.80. The van der Waals surface area contributed by atoms with Crippen LogP contribution in [0.5, 0.6) is 5.75 Å². The van der Waals surface area contributed by atoms with Gasteiger partial charge < -0.3 is 10.1 Å². The van der Waals surface area contributed by atoms with Crippen LogP contribution in [-0.2, 0) is 12.8 Å². The van der Waals surface area contributed by atoms with Gasteiger partial charge in [-0.3, -0.25) is 0 Å². The summed E-state index contributed by atoms with van der Waals surface area (Å²) >= 11 is 0. The lowest BCUT2D eigenvalue weighted by Crippen LogP contribution is -2.16. The van der Waals surface area contributed by atoms with Crippen molar-refractivity contribution in [2.24, 2.45) is 0 Å². The summed E-state index contributed by atoms with van der Waals surface area (Å²) in [5.41, 5.74) is 2.83. The zero-order chi connectivity index (χ0) is 17.6. The minimum absolute atomic E-state index is 0.815. The topological polar surface area (TPSA) is 21.3 Å². The van der Waals surface area contributed by atoms with Crippen LogP contribution in [0, 0.1) is 0 Å². The van der Waals surface area contributed by atoms with Crippen LogP contribution in [0.25, 0.3) is 0 Å². The maximum atomic E-state index is 5.86. The van der Waals surface area contributed by atoms with Gasteiger partial charge in [-0.05, 0) is 81.3 Å². The standard InChI is InChI=1S/C23H33NO/c1-2-18-24-19-9-13-22-14-16-23(17-15-22)25-20-8-4-7-12-21-10-5-3-6-11-21/h3,5-6,10-11,14-17,24H,2,4,7-9,12-13,18-20H2,1H3. The molecule has 0 unspecified atom stereocenters. The van der Waals surface area contributed by atoms with Crippen LogP contribution in [0.3, 0.4) is 0 Å². The van der Waals surface area contributed by atoms with Crippen LogP contribution in [0.15, 0.2) is 54.6 Å². The summed E-state index contributed by atoms with van der Waals surface area (Å²) in [4.78, 5) is 0. The Morgan fingerprint density at radius 3 is 2.20 bits per heavy atom. The van der Waals surface area contributed by atoms with Crippen LogP contribution in [0.1, 0.15) is 50.2 Å². The monoisotopic (exact) mass is 339 g/mol. The fourth-order valence-electron chi connectivity index (χ4n) is 2.91. The van der Waals surface area contributed by atoms with E-state index in [1.54, 1.807) is 0 Å². The fourth-order valence-corrected chi connectivity index (χ4v) is 2.91. The van der Waals surface area contributed by atoms with Gasteiger partial charge in [0.1, 0.15) is 5.75 Å². The predicted octanol–water partition coefficient (Wildman–Crippen LogP) is 5.41. The average molecular weight is 340 g/mol. The Labute approximate surface area is 153 Å². The molecule has 2 rings (SSSR count). The van der Waals surface area contributed by atoms with E-state index in [0.29, 0.717) is 0 Å². The molecule has 0 saturated carbocycles. The molecule has 0 amide bonds. The number of rotatable bonds is 13. The van der Waals surface area contributed by atoms with Gasteiger partial charge in [0.05, 0.1) is 6.61 Å². The van der Waals surface area contributed by atoms with Crippen LogP contribution in [-0.4, -0.2) is 19.7 Å². The summed E-state index contributed by atoms with van der Waals surface area (Å²) in [6.07, 6.45) is 8.28. The molecule has 0 fully saturated rings. The summed E-state index contributed by atoms with van der Waals surface area (Å²) in [6.45, 7) is 5.25. The van der Waals surface area contributed by atoms with Crippen molar-refractivity contribution in [3.05, 3.63) is 65.7 Å². The molecule has 0 atom stereocenters. The van der Waals surface area contributed by atoms with Crippen molar-refractivity contribution in [1.82, 2.24) is 5.32 Å². The lowest BCUT2D eigenvalue weighted by Gasteiger charge is -2.08. The SMILES string of the molecule is CCCNCCCc1ccc(OCCCCCc2ccccc2)cc1. The van der Waals surface area contributed by atoms with E-state index in [4.69, 9.17) is 4.74 Å². The summed E-state index contributed by atoms with van der Waals surface area (Å²) in [7, 11) is 0. The zero-order valence-corrected chi connectivity index (χ0v) is 15.7. The highest BCUT2D eigenvalue weighted by molar-refractivity contribution is 5.27. The number of unbranched alkanes of at least 4 members (excludes halogenated alkanes) is 2. The Balaban J connectivity index is 1.52. The number of hydrogen-bond acceptors (Lipinski definition) is 2. The van der Waals surface area contributed by atoms with Gasteiger partial charge in [0.2, 0.25) is 0 Å². The third-order valence-electron chi connectivity index (χ3n) is 4.39. The van der Waals surface area contributed by atoms with Crippen molar-refractivity contribution >= 4 is 0 Å². The molecule has 2 heteroatoms. The molecule has 25 heavy (non-hydrogen) atoms. The molecule has 2 aromatic rings. The van der Waals surface area contributed by atoms with E-state index in [9.17, 15) is 0 Å². The maximum absolute atomic E-state index is 5.86. The molecule has 0 radical (unpaired) electrons. The molecule has 0 aromatic heterocycles. The Morgan fingerprint density at radius 1 is 0.720 bits per heavy atom. The van der Waals surface area contributed by atoms with Crippen LogP contribution in [0.4, 0.5) is 0 Å². The lowest BCUT2D eigenvalue weighted by molar-refractivity contribution is 0.305. The quantitative estimate of drug-likeness (QED) is 0.493. The van der Waals surface area contributed by atoms with Gasteiger partial charge in [-0.2, -0.15) is 0 Å². The van der Waals surface area contributed by atoms with E-state index in [1.165, 1.54) is 43.2 Å². The minimum atomic E-state index is 0.815. The van der Waals surface area contributed by atoms with E-state index in [0.717, 1.165) is 38.3 Å². The van der Waals surface area contributed by atoms with E-state index in [-0.39, 0.29) is 0 Å². The Bertz CT molecular complexity index is 550. The molecule has 0 bridgehead atoms. The predicted molar refractivity (Wildman–Crippen MR) is 107 cm³/mol. The summed E-state index contributed by atoms with van der Waals surface area (Å²) in [5, 5.41) is 3.45. The second-order valence-corrected chi connectivity index (χ2v) is 6.64. The fraction of sp³-hybridized carbons (Fsp3) is 0.478. The number of benzene rings is 2. The highest BCUT2D eigenvalue weighted by Crippen LogP contribution is 2.14. The number of ether oxygens (including phenoxy) is 1. The van der Waals surface area contributed by atoms with Crippen molar-refractivity contribution in [2.45, 2.75) is 51.9 Å². The molecule has 0 aliphatic rings. The van der Waals surface area contributed by atoms with Crippen molar-refractivity contribution in [3.8, 4) is 5.75 Å². The first kappa shape index (κ1) is 19.5. The molecule has 0 aliphatic heterocycles. The summed E-state index contributed by atoms with van der Waals surface area (Å²) < 4.78 is 5.86. The van der Waals surface area contributed by atoms with Crippen LogP contribution >= 0.6 is 0 Å². The normalized spacial score (nSPS) is 10.8. The van der Waals surface area contributed by atoms with Crippen molar-refractivity contribution < 1.29 is 4.74 Å².